The van der Waals surface area contributed by atoms with Gasteiger partial charge in [-0.2, -0.15) is 0 Å². The molecule has 0 aliphatic rings. The fourth-order valence-corrected chi connectivity index (χ4v) is 1.23. The van der Waals surface area contributed by atoms with Crippen molar-refractivity contribution in [3.05, 3.63) is 17.7 Å². The summed E-state index contributed by atoms with van der Waals surface area (Å²) in [6.07, 6.45) is 2.94. The molecule has 0 amide bonds. The quantitative estimate of drug-likeness (QED) is 0.745. The van der Waals surface area contributed by atoms with Gasteiger partial charge in [0.25, 0.3) is 0 Å². The van der Waals surface area contributed by atoms with Gasteiger partial charge in [0.05, 0.1) is 5.69 Å². The number of aromatic nitrogens is 2. The Labute approximate surface area is 80.0 Å². The Balaban J connectivity index is 2.95. The molecular formula is C10H19N3. The second kappa shape index (κ2) is 3.50. The maximum absolute atomic E-state index is 5.49. The first kappa shape index (κ1) is 10.3. The highest BCUT2D eigenvalue weighted by Crippen LogP contribution is 2.20. The number of nitrogens with zero attached hydrogens (tertiary/aromatic N) is 2. The van der Waals surface area contributed by atoms with E-state index in [2.05, 4.69) is 36.5 Å². The van der Waals surface area contributed by atoms with Gasteiger partial charge in [-0.15, -0.1) is 0 Å². The Morgan fingerprint density at radius 3 is 2.46 bits per heavy atom. The van der Waals surface area contributed by atoms with Crippen LogP contribution in [-0.2, 0) is 18.9 Å². The molecule has 0 spiro atoms. The van der Waals surface area contributed by atoms with Crippen molar-refractivity contribution in [2.75, 3.05) is 6.54 Å². The SMILES string of the molecule is Cn1cc(C(C)(C)C)nc1CCN. The monoisotopic (exact) mass is 181 g/mol. The first-order chi connectivity index (χ1) is 5.95. The Morgan fingerprint density at radius 2 is 2.08 bits per heavy atom. The number of rotatable bonds is 2. The minimum absolute atomic E-state index is 0.130. The van der Waals surface area contributed by atoms with Crippen LogP contribution in [0.15, 0.2) is 6.20 Å². The van der Waals surface area contributed by atoms with Gasteiger partial charge >= 0.3 is 0 Å². The predicted molar refractivity (Wildman–Crippen MR) is 54.7 cm³/mol. The molecule has 1 aromatic rings. The summed E-state index contributed by atoms with van der Waals surface area (Å²) in [6.45, 7) is 7.17. The van der Waals surface area contributed by atoms with Crippen LogP contribution in [0.1, 0.15) is 32.3 Å². The van der Waals surface area contributed by atoms with Gasteiger partial charge in [-0.1, -0.05) is 20.8 Å². The molecule has 0 aliphatic heterocycles. The zero-order valence-electron chi connectivity index (χ0n) is 8.96. The van der Waals surface area contributed by atoms with Crippen LogP contribution in [0, 0.1) is 0 Å². The van der Waals surface area contributed by atoms with E-state index in [1.807, 2.05) is 7.05 Å². The Bertz CT molecular complexity index is 281. The summed E-state index contributed by atoms with van der Waals surface area (Å²) in [5.41, 5.74) is 6.76. The van der Waals surface area contributed by atoms with Crippen LogP contribution in [0.5, 0.6) is 0 Å². The fourth-order valence-electron chi connectivity index (χ4n) is 1.23. The molecule has 1 rings (SSSR count). The molecule has 0 radical (unpaired) electrons. The molecule has 1 heterocycles. The lowest BCUT2D eigenvalue weighted by Crippen LogP contribution is -2.12. The van der Waals surface area contributed by atoms with Crippen molar-refractivity contribution in [3.8, 4) is 0 Å². The highest BCUT2D eigenvalue weighted by Gasteiger charge is 2.18. The number of hydrogen-bond acceptors (Lipinski definition) is 2. The molecular weight excluding hydrogens is 162 g/mol. The van der Waals surface area contributed by atoms with Gasteiger partial charge in [0.15, 0.2) is 0 Å². The van der Waals surface area contributed by atoms with Crippen LogP contribution in [-0.4, -0.2) is 16.1 Å². The molecule has 0 bridgehead atoms. The van der Waals surface area contributed by atoms with Crippen molar-refractivity contribution in [2.24, 2.45) is 12.8 Å². The Hall–Kier alpha value is -0.830. The van der Waals surface area contributed by atoms with Crippen LogP contribution in [0.3, 0.4) is 0 Å². The maximum atomic E-state index is 5.49. The molecule has 0 fully saturated rings. The van der Waals surface area contributed by atoms with Crippen molar-refractivity contribution >= 4 is 0 Å². The minimum atomic E-state index is 0.130. The molecule has 2 N–H and O–H groups in total. The largest absolute Gasteiger partial charge is 0.338 e. The van der Waals surface area contributed by atoms with E-state index in [9.17, 15) is 0 Å². The van der Waals surface area contributed by atoms with E-state index >= 15 is 0 Å². The van der Waals surface area contributed by atoms with Crippen LogP contribution in [0.4, 0.5) is 0 Å². The van der Waals surface area contributed by atoms with Crippen molar-refractivity contribution < 1.29 is 0 Å². The van der Waals surface area contributed by atoms with E-state index in [-0.39, 0.29) is 5.41 Å². The van der Waals surface area contributed by atoms with Crippen LogP contribution < -0.4 is 5.73 Å². The first-order valence-electron chi connectivity index (χ1n) is 4.68. The Morgan fingerprint density at radius 1 is 1.46 bits per heavy atom. The van der Waals surface area contributed by atoms with E-state index < -0.39 is 0 Å². The molecule has 3 nitrogen and oxygen atoms in total. The van der Waals surface area contributed by atoms with E-state index in [0.29, 0.717) is 6.54 Å². The number of nitrogens with two attached hydrogens (primary N) is 1. The number of hydrogen-bond donors (Lipinski definition) is 1. The average molecular weight is 181 g/mol. The highest BCUT2D eigenvalue weighted by atomic mass is 15.1. The van der Waals surface area contributed by atoms with Crippen molar-refractivity contribution in [1.82, 2.24) is 9.55 Å². The summed E-state index contributed by atoms with van der Waals surface area (Å²) in [4.78, 5) is 4.55. The third-order valence-electron chi connectivity index (χ3n) is 2.11. The summed E-state index contributed by atoms with van der Waals surface area (Å²) in [7, 11) is 2.02. The third kappa shape index (κ3) is 2.31. The van der Waals surface area contributed by atoms with Gasteiger partial charge in [-0.3, -0.25) is 0 Å². The van der Waals surface area contributed by atoms with Gasteiger partial charge in [0.2, 0.25) is 0 Å². The molecule has 0 saturated carbocycles. The zero-order valence-corrected chi connectivity index (χ0v) is 8.96. The van der Waals surface area contributed by atoms with Crippen molar-refractivity contribution in [1.29, 1.82) is 0 Å². The second-order valence-electron chi connectivity index (χ2n) is 4.44. The molecule has 1 aromatic heterocycles. The van der Waals surface area contributed by atoms with E-state index in [1.165, 1.54) is 0 Å². The standard InChI is InChI=1S/C10H19N3/c1-10(2,3)8-7-13(4)9(12-8)5-6-11/h7H,5-6,11H2,1-4H3. The summed E-state index contributed by atoms with van der Waals surface area (Å²) < 4.78 is 2.06. The van der Waals surface area contributed by atoms with Gasteiger partial charge < -0.3 is 10.3 Å². The summed E-state index contributed by atoms with van der Waals surface area (Å²) in [5, 5.41) is 0. The maximum Gasteiger partial charge on any atom is 0.109 e. The van der Waals surface area contributed by atoms with Crippen LogP contribution in [0.2, 0.25) is 0 Å². The molecule has 0 aromatic carbocycles. The van der Waals surface area contributed by atoms with Crippen LogP contribution in [0.25, 0.3) is 0 Å². The fraction of sp³-hybridized carbons (Fsp3) is 0.700. The van der Waals surface area contributed by atoms with E-state index in [4.69, 9.17) is 5.73 Å². The normalized spacial score (nSPS) is 12.1. The van der Waals surface area contributed by atoms with E-state index in [0.717, 1.165) is 17.9 Å². The highest BCUT2D eigenvalue weighted by molar-refractivity contribution is 5.13. The Kier molecular flexibility index (Phi) is 2.76. The summed E-state index contributed by atoms with van der Waals surface area (Å²) in [5.74, 6) is 1.08. The molecule has 0 atom stereocenters. The van der Waals surface area contributed by atoms with Gasteiger partial charge in [-0.05, 0) is 6.54 Å². The molecule has 74 valence electrons. The van der Waals surface area contributed by atoms with Crippen molar-refractivity contribution in [2.45, 2.75) is 32.6 Å². The third-order valence-corrected chi connectivity index (χ3v) is 2.11. The lowest BCUT2D eigenvalue weighted by molar-refractivity contribution is 0.570. The first-order valence-corrected chi connectivity index (χ1v) is 4.68. The summed E-state index contributed by atoms with van der Waals surface area (Å²) >= 11 is 0. The topological polar surface area (TPSA) is 43.8 Å². The minimum Gasteiger partial charge on any atom is -0.338 e. The second-order valence-corrected chi connectivity index (χ2v) is 4.44. The number of imidazole rings is 1. The number of aryl methyl sites for hydroxylation is 1. The smallest absolute Gasteiger partial charge is 0.109 e. The average Bonchev–Trinajstić information content (AvgIpc) is 2.32. The lowest BCUT2D eigenvalue weighted by atomic mass is 9.93. The van der Waals surface area contributed by atoms with Gasteiger partial charge in [0, 0.05) is 25.1 Å². The van der Waals surface area contributed by atoms with Gasteiger partial charge in [0.1, 0.15) is 5.82 Å². The molecule has 3 heteroatoms. The molecule has 0 unspecified atom stereocenters. The zero-order chi connectivity index (χ0) is 10.1. The van der Waals surface area contributed by atoms with Crippen LogP contribution >= 0.6 is 0 Å². The van der Waals surface area contributed by atoms with Gasteiger partial charge in [-0.25, -0.2) is 4.98 Å². The predicted octanol–water partition coefficient (Wildman–Crippen LogP) is 1.22. The van der Waals surface area contributed by atoms with Crippen molar-refractivity contribution in [3.63, 3.8) is 0 Å². The van der Waals surface area contributed by atoms with E-state index in [1.54, 1.807) is 0 Å². The summed E-state index contributed by atoms with van der Waals surface area (Å²) in [6, 6.07) is 0. The lowest BCUT2D eigenvalue weighted by Gasteiger charge is -2.13. The molecule has 13 heavy (non-hydrogen) atoms. The molecule has 0 aliphatic carbocycles. The molecule has 0 saturated heterocycles.